The first kappa shape index (κ1) is 15.8. The lowest BCUT2D eigenvalue weighted by molar-refractivity contribution is -0.117. The summed E-state index contributed by atoms with van der Waals surface area (Å²) in [5.41, 5.74) is 9.85. The summed E-state index contributed by atoms with van der Waals surface area (Å²) in [4.78, 5) is 11.9. The number of rotatable bonds is 6. The third-order valence-electron chi connectivity index (χ3n) is 3.88. The number of carbonyl (C=O) groups is 1. The molecule has 5 nitrogen and oxygen atoms in total. The minimum Gasteiger partial charge on any atom is -0.405 e. The Hall–Kier alpha value is -3.08. The Morgan fingerprint density at radius 1 is 1.42 bits per heavy atom. The average molecular weight is 320 g/mol. The molecule has 5 heteroatoms. The van der Waals surface area contributed by atoms with Crippen LogP contribution in [-0.4, -0.2) is 16.1 Å². The summed E-state index contributed by atoms with van der Waals surface area (Å²) in [6.07, 6.45) is 10.6. The summed E-state index contributed by atoms with van der Waals surface area (Å²) in [7, 11) is 0. The molecule has 0 spiro atoms. The van der Waals surface area contributed by atoms with Crippen LogP contribution in [0.5, 0.6) is 0 Å². The van der Waals surface area contributed by atoms with Crippen molar-refractivity contribution >= 4 is 17.2 Å². The highest BCUT2D eigenvalue weighted by molar-refractivity contribution is 5.95. The molecule has 0 unspecified atom stereocenters. The van der Waals surface area contributed by atoms with Crippen LogP contribution in [0.4, 0.5) is 5.69 Å². The number of nitrogens with one attached hydrogen (secondary N) is 2. The van der Waals surface area contributed by atoms with Gasteiger partial charge in [0.1, 0.15) is 0 Å². The molecule has 3 rings (SSSR count). The number of aromatic nitrogens is 2. The predicted molar refractivity (Wildman–Crippen MR) is 96.9 cm³/mol. The van der Waals surface area contributed by atoms with Crippen molar-refractivity contribution in [3.63, 3.8) is 0 Å². The Morgan fingerprint density at radius 2 is 2.25 bits per heavy atom. The molecule has 0 radical (unpaired) electrons. The highest BCUT2D eigenvalue weighted by atomic mass is 16.2. The van der Waals surface area contributed by atoms with Gasteiger partial charge in [-0.2, -0.15) is 5.10 Å². The standard InChI is InChI=1S/C19H20N4O/c1-2-4-13(9-10-20)17-12-21-23-18(17)15-5-3-6-16(11-15)22-19(24)14-7-8-14/h2-6,9-12,14H,1,7-8,20H2,(H,21,23)(H,22,24)/b10-9-,13-4+. The van der Waals surface area contributed by atoms with Crippen LogP contribution in [0.1, 0.15) is 18.4 Å². The summed E-state index contributed by atoms with van der Waals surface area (Å²) >= 11 is 0. The molecule has 0 bridgehead atoms. The molecule has 24 heavy (non-hydrogen) atoms. The largest absolute Gasteiger partial charge is 0.405 e. The molecule has 1 aromatic heterocycles. The van der Waals surface area contributed by atoms with Crippen LogP contribution in [0, 0.1) is 5.92 Å². The number of carbonyl (C=O) groups excluding carboxylic acids is 1. The number of anilines is 1. The van der Waals surface area contributed by atoms with Crippen molar-refractivity contribution in [3.8, 4) is 11.3 Å². The van der Waals surface area contributed by atoms with Gasteiger partial charge in [0.25, 0.3) is 0 Å². The Labute approximate surface area is 141 Å². The van der Waals surface area contributed by atoms with Crippen molar-refractivity contribution in [1.82, 2.24) is 10.2 Å². The second-order valence-electron chi connectivity index (χ2n) is 5.71. The molecule has 1 saturated carbocycles. The van der Waals surface area contributed by atoms with Crippen LogP contribution < -0.4 is 11.1 Å². The molecule has 1 amide bonds. The molecule has 1 aromatic carbocycles. The quantitative estimate of drug-likeness (QED) is 0.713. The van der Waals surface area contributed by atoms with Crippen LogP contribution in [0.3, 0.4) is 0 Å². The van der Waals surface area contributed by atoms with Gasteiger partial charge in [-0.15, -0.1) is 0 Å². The van der Waals surface area contributed by atoms with E-state index in [1.165, 1.54) is 6.20 Å². The topological polar surface area (TPSA) is 83.8 Å². The van der Waals surface area contributed by atoms with Gasteiger partial charge in [-0.25, -0.2) is 0 Å². The summed E-state index contributed by atoms with van der Waals surface area (Å²) in [5, 5.41) is 10.2. The highest BCUT2D eigenvalue weighted by Crippen LogP contribution is 2.32. The van der Waals surface area contributed by atoms with Crippen molar-refractivity contribution < 1.29 is 4.79 Å². The first-order valence-corrected chi connectivity index (χ1v) is 7.89. The second-order valence-corrected chi connectivity index (χ2v) is 5.71. The summed E-state index contributed by atoms with van der Waals surface area (Å²) < 4.78 is 0. The molecule has 1 heterocycles. The van der Waals surface area contributed by atoms with Gasteiger partial charge in [0.2, 0.25) is 5.91 Å². The lowest BCUT2D eigenvalue weighted by atomic mass is 10.0. The van der Waals surface area contributed by atoms with Gasteiger partial charge in [-0.3, -0.25) is 9.89 Å². The number of hydrogen-bond donors (Lipinski definition) is 3. The van der Waals surface area contributed by atoms with Crippen LogP contribution in [0.25, 0.3) is 16.8 Å². The van der Waals surface area contributed by atoms with Gasteiger partial charge in [0.15, 0.2) is 0 Å². The first-order valence-electron chi connectivity index (χ1n) is 7.89. The molecule has 1 aliphatic rings. The summed E-state index contributed by atoms with van der Waals surface area (Å²) in [6, 6.07) is 7.68. The number of benzene rings is 1. The number of allylic oxidation sites excluding steroid dienone is 4. The van der Waals surface area contributed by atoms with Crippen molar-refractivity contribution in [1.29, 1.82) is 0 Å². The second kappa shape index (κ2) is 7.00. The normalized spacial score (nSPS) is 14.8. The molecule has 0 atom stereocenters. The third-order valence-corrected chi connectivity index (χ3v) is 3.88. The van der Waals surface area contributed by atoms with E-state index in [1.54, 1.807) is 12.2 Å². The Morgan fingerprint density at radius 3 is 2.96 bits per heavy atom. The minimum atomic E-state index is 0.0905. The van der Waals surface area contributed by atoms with E-state index in [4.69, 9.17) is 5.73 Å². The number of nitrogens with two attached hydrogens (primary N) is 1. The van der Waals surface area contributed by atoms with Crippen LogP contribution in [0.2, 0.25) is 0 Å². The average Bonchev–Trinajstić information content (AvgIpc) is 3.32. The molecule has 0 aliphatic heterocycles. The van der Waals surface area contributed by atoms with Crippen molar-refractivity contribution in [2.24, 2.45) is 11.7 Å². The molecule has 2 aromatic rings. The van der Waals surface area contributed by atoms with E-state index in [-0.39, 0.29) is 11.8 Å². The lowest BCUT2D eigenvalue weighted by Crippen LogP contribution is -2.13. The van der Waals surface area contributed by atoms with Gasteiger partial charge < -0.3 is 11.1 Å². The van der Waals surface area contributed by atoms with E-state index in [0.717, 1.165) is 40.9 Å². The van der Waals surface area contributed by atoms with E-state index < -0.39 is 0 Å². The van der Waals surface area contributed by atoms with Crippen LogP contribution >= 0.6 is 0 Å². The first-order chi connectivity index (χ1) is 11.7. The highest BCUT2D eigenvalue weighted by Gasteiger charge is 2.29. The van der Waals surface area contributed by atoms with E-state index in [2.05, 4.69) is 22.1 Å². The monoisotopic (exact) mass is 320 g/mol. The Balaban J connectivity index is 1.92. The summed E-state index contributed by atoms with van der Waals surface area (Å²) in [6.45, 7) is 3.74. The molecule has 0 saturated heterocycles. The van der Waals surface area contributed by atoms with Gasteiger partial charge >= 0.3 is 0 Å². The SMILES string of the molecule is C=C/C=C(\C=C/N)c1c[nH]nc1-c1cccc(NC(=O)C2CC2)c1. The Bertz CT molecular complexity index is 812. The van der Waals surface area contributed by atoms with E-state index in [1.807, 2.05) is 36.5 Å². The van der Waals surface area contributed by atoms with Gasteiger partial charge in [-0.05, 0) is 42.8 Å². The van der Waals surface area contributed by atoms with Crippen LogP contribution in [0.15, 0.2) is 61.5 Å². The zero-order valence-electron chi connectivity index (χ0n) is 13.3. The smallest absolute Gasteiger partial charge is 0.227 e. The minimum absolute atomic E-state index is 0.0905. The van der Waals surface area contributed by atoms with E-state index in [9.17, 15) is 4.79 Å². The van der Waals surface area contributed by atoms with Gasteiger partial charge in [0.05, 0.1) is 5.69 Å². The number of aromatic amines is 1. The van der Waals surface area contributed by atoms with Crippen molar-refractivity contribution in [3.05, 3.63) is 67.0 Å². The number of nitrogens with zero attached hydrogens (tertiary/aromatic N) is 1. The zero-order chi connectivity index (χ0) is 16.9. The van der Waals surface area contributed by atoms with E-state index >= 15 is 0 Å². The molecular formula is C19H20N4O. The number of H-pyrrole nitrogens is 1. The fourth-order valence-corrected chi connectivity index (χ4v) is 2.53. The summed E-state index contributed by atoms with van der Waals surface area (Å²) in [5.74, 6) is 0.263. The maximum atomic E-state index is 11.9. The number of amides is 1. The van der Waals surface area contributed by atoms with Gasteiger partial charge in [0, 0.05) is 28.9 Å². The fourth-order valence-electron chi connectivity index (χ4n) is 2.53. The molecule has 1 aliphatic carbocycles. The lowest BCUT2D eigenvalue weighted by Gasteiger charge is -2.07. The maximum absolute atomic E-state index is 11.9. The van der Waals surface area contributed by atoms with E-state index in [0.29, 0.717) is 0 Å². The van der Waals surface area contributed by atoms with Crippen molar-refractivity contribution in [2.75, 3.05) is 5.32 Å². The number of hydrogen-bond acceptors (Lipinski definition) is 3. The van der Waals surface area contributed by atoms with Crippen molar-refractivity contribution in [2.45, 2.75) is 12.8 Å². The molecule has 4 N–H and O–H groups in total. The molecule has 122 valence electrons. The zero-order valence-corrected chi connectivity index (χ0v) is 13.3. The fraction of sp³-hybridized carbons (Fsp3) is 0.158. The maximum Gasteiger partial charge on any atom is 0.227 e. The molecule has 1 fully saturated rings. The van der Waals surface area contributed by atoms with Gasteiger partial charge in [-0.1, -0.05) is 30.9 Å². The molecular weight excluding hydrogens is 300 g/mol. The predicted octanol–water partition coefficient (Wildman–Crippen LogP) is 3.47. The Kier molecular flexibility index (Phi) is 4.61. The van der Waals surface area contributed by atoms with Crippen LogP contribution in [-0.2, 0) is 4.79 Å². The third kappa shape index (κ3) is 3.46.